The Labute approximate surface area is 203 Å². The van der Waals surface area contributed by atoms with Crippen LogP contribution in [-0.2, 0) is 9.53 Å². The lowest BCUT2D eigenvalue weighted by atomic mass is 10.0. The van der Waals surface area contributed by atoms with Crippen LogP contribution in [0.2, 0.25) is 0 Å². The highest BCUT2D eigenvalue weighted by Gasteiger charge is 2.34. The lowest BCUT2D eigenvalue weighted by Gasteiger charge is -2.40. The molecular formula is C27H28N4O4. The van der Waals surface area contributed by atoms with Gasteiger partial charge in [-0.1, -0.05) is 48.5 Å². The third-order valence-electron chi connectivity index (χ3n) is 6.30. The molecule has 4 aromatic rings. The first-order valence-corrected chi connectivity index (χ1v) is 11.6. The van der Waals surface area contributed by atoms with Gasteiger partial charge in [0.15, 0.2) is 11.8 Å². The van der Waals surface area contributed by atoms with E-state index in [-0.39, 0.29) is 5.56 Å². The molecule has 0 bridgehead atoms. The summed E-state index contributed by atoms with van der Waals surface area (Å²) in [6.07, 6.45) is -1.72. The molecule has 0 amide bonds. The summed E-state index contributed by atoms with van der Waals surface area (Å²) >= 11 is 0. The van der Waals surface area contributed by atoms with E-state index in [9.17, 15) is 15.0 Å². The summed E-state index contributed by atoms with van der Waals surface area (Å²) in [6.45, 7) is 7.23. The molecule has 2 N–H and O–H groups in total. The highest BCUT2D eigenvalue weighted by Crippen LogP contribution is 2.34. The monoisotopic (exact) mass is 472 g/mol. The van der Waals surface area contributed by atoms with Gasteiger partial charge < -0.3 is 19.8 Å². The molecular weight excluding hydrogens is 444 g/mol. The largest absolute Gasteiger partial charge is 0.479 e. The molecule has 0 unspecified atom stereocenters. The van der Waals surface area contributed by atoms with E-state index in [0.29, 0.717) is 42.5 Å². The van der Waals surface area contributed by atoms with Crippen molar-refractivity contribution in [3.8, 4) is 22.4 Å². The second-order valence-electron chi connectivity index (χ2n) is 9.45. The minimum atomic E-state index is -1.72. The maximum atomic E-state index is 11.8. The Balaban J connectivity index is 1.68. The number of hydrogen-bond acceptors (Lipinski definition) is 6. The summed E-state index contributed by atoms with van der Waals surface area (Å²) in [5.74, 6) is -0.796. The fourth-order valence-corrected chi connectivity index (χ4v) is 4.69. The number of hydrogen-bond donors (Lipinski definition) is 2. The van der Waals surface area contributed by atoms with Crippen molar-refractivity contribution >= 4 is 17.4 Å². The van der Waals surface area contributed by atoms with Crippen molar-refractivity contribution in [2.75, 3.05) is 24.6 Å². The van der Waals surface area contributed by atoms with Crippen LogP contribution in [0.15, 0.2) is 60.7 Å². The number of aryl methyl sites for hydroxylation is 1. The number of aliphatic carboxylic acids is 1. The smallest absolute Gasteiger partial charge is 0.337 e. The van der Waals surface area contributed by atoms with Crippen LogP contribution in [0.1, 0.15) is 31.2 Å². The molecule has 8 heteroatoms. The molecule has 180 valence electrons. The van der Waals surface area contributed by atoms with Crippen LogP contribution < -0.4 is 4.90 Å². The zero-order valence-corrected chi connectivity index (χ0v) is 20.0. The van der Waals surface area contributed by atoms with E-state index in [0.717, 1.165) is 16.7 Å². The van der Waals surface area contributed by atoms with E-state index in [1.165, 1.54) is 0 Å². The number of carboxylic acids is 1. The van der Waals surface area contributed by atoms with Gasteiger partial charge >= 0.3 is 5.97 Å². The Hall–Kier alpha value is -3.75. The highest BCUT2D eigenvalue weighted by molar-refractivity contribution is 5.79. The molecule has 1 fully saturated rings. The van der Waals surface area contributed by atoms with Gasteiger partial charge in [0.05, 0.1) is 23.5 Å². The number of nitrogens with zero attached hydrogens (tertiary/aromatic N) is 4. The number of anilines is 1. The van der Waals surface area contributed by atoms with E-state index in [4.69, 9.17) is 9.84 Å². The quantitative estimate of drug-likeness (QED) is 0.451. The minimum absolute atomic E-state index is 0.246. The number of carboxylic acid groups (broad SMARTS) is 1. The number of benzene rings is 2. The first kappa shape index (κ1) is 23.0. The Morgan fingerprint density at radius 2 is 1.77 bits per heavy atom. The van der Waals surface area contributed by atoms with Crippen LogP contribution in [0, 0.1) is 6.92 Å². The van der Waals surface area contributed by atoms with Crippen molar-refractivity contribution in [2.45, 2.75) is 32.5 Å². The van der Waals surface area contributed by atoms with Gasteiger partial charge in [-0.25, -0.2) is 9.78 Å². The summed E-state index contributed by atoms with van der Waals surface area (Å²) in [7, 11) is 0. The second kappa shape index (κ2) is 8.79. The first-order chi connectivity index (χ1) is 16.7. The molecule has 35 heavy (non-hydrogen) atoms. The van der Waals surface area contributed by atoms with Crippen molar-refractivity contribution in [1.29, 1.82) is 0 Å². The van der Waals surface area contributed by atoms with Crippen LogP contribution in [0.3, 0.4) is 0 Å². The zero-order valence-electron chi connectivity index (χ0n) is 20.0. The SMILES string of the molecule is Cc1nc2cc(-c3cccc(-c4ccccc4)c3)nn2c(N2CCOC(C)(C)C2)c1[C@H](O)C(=O)O. The average Bonchev–Trinajstić information content (AvgIpc) is 3.26. The number of fused-ring (bicyclic) bond motifs is 1. The van der Waals surface area contributed by atoms with Gasteiger partial charge in [0.25, 0.3) is 0 Å². The van der Waals surface area contributed by atoms with Crippen molar-refractivity contribution in [2.24, 2.45) is 0 Å². The van der Waals surface area contributed by atoms with Gasteiger partial charge in [0.1, 0.15) is 5.82 Å². The van der Waals surface area contributed by atoms with Crippen molar-refractivity contribution in [3.05, 3.63) is 71.9 Å². The molecule has 1 aliphatic rings. The van der Waals surface area contributed by atoms with Crippen molar-refractivity contribution in [1.82, 2.24) is 14.6 Å². The number of aliphatic hydroxyl groups excluding tert-OH is 1. The van der Waals surface area contributed by atoms with Crippen LogP contribution in [0.5, 0.6) is 0 Å². The van der Waals surface area contributed by atoms with Crippen LogP contribution in [-0.4, -0.2) is 56.1 Å². The van der Waals surface area contributed by atoms with Gasteiger partial charge in [-0.3, -0.25) is 0 Å². The molecule has 2 aromatic heterocycles. The standard InChI is InChI=1S/C27H28N4O4/c1-17-23(24(32)26(33)34)25(30-12-13-35-27(2,3)16-30)31-22(28-17)15-21(29-31)20-11-7-10-19(14-20)18-8-5-4-6-9-18/h4-11,14-15,24,32H,12-13,16H2,1-3H3,(H,33,34)/t24-/m0/s1. The second-order valence-corrected chi connectivity index (χ2v) is 9.45. The van der Waals surface area contributed by atoms with Gasteiger partial charge in [0.2, 0.25) is 0 Å². The molecule has 0 saturated carbocycles. The molecule has 1 aliphatic heterocycles. The lowest BCUT2D eigenvalue weighted by Crippen LogP contribution is -2.49. The van der Waals surface area contributed by atoms with Crippen molar-refractivity contribution in [3.63, 3.8) is 0 Å². The number of aliphatic hydroxyl groups is 1. The number of aromatic nitrogens is 3. The Bertz CT molecular complexity index is 1400. The summed E-state index contributed by atoms with van der Waals surface area (Å²) in [5.41, 5.74) is 4.66. The van der Waals surface area contributed by atoms with E-state index in [1.807, 2.05) is 55.1 Å². The fourth-order valence-electron chi connectivity index (χ4n) is 4.69. The summed E-state index contributed by atoms with van der Waals surface area (Å²) in [6, 6.07) is 20.1. The molecule has 5 rings (SSSR count). The fraction of sp³-hybridized carbons (Fsp3) is 0.296. The third-order valence-corrected chi connectivity index (χ3v) is 6.30. The number of ether oxygens (including phenoxy) is 1. The lowest BCUT2D eigenvalue weighted by molar-refractivity contribution is -0.147. The number of carbonyl (C=O) groups is 1. The Morgan fingerprint density at radius 1 is 1.06 bits per heavy atom. The maximum Gasteiger partial charge on any atom is 0.337 e. The normalized spacial score (nSPS) is 16.4. The summed E-state index contributed by atoms with van der Waals surface area (Å²) in [5, 5.41) is 25.1. The molecule has 0 aliphatic carbocycles. The van der Waals surface area contributed by atoms with Crippen molar-refractivity contribution < 1.29 is 19.7 Å². The van der Waals surface area contributed by atoms with Gasteiger partial charge in [-0.05, 0) is 38.0 Å². The first-order valence-electron chi connectivity index (χ1n) is 11.6. The molecule has 0 radical (unpaired) electrons. The third kappa shape index (κ3) is 4.38. The molecule has 1 saturated heterocycles. The average molecular weight is 473 g/mol. The van der Waals surface area contributed by atoms with Gasteiger partial charge in [0, 0.05) is 30.4 Å². The highest BCUT2D eigenvalue weighted by atomic mass is 16.5. The van der Waals surface area contributed by atoms with Crippen LogP contribution in [0.25, 0.3) is 28.0 Å². The van der Waals surface area contributed by atoms with E-state index in [1.54, 1.807) is 11.4 Å². The number of rotatable bonds is 5. The molecule has 3 heterocycles. The van der Waals surface area contributed by atoms with Crippen LogP contribution >= 0.6 is 0 Å². The molecule has 8 nitrogen and oxygen atoms in total. The van der Waals surface area contributed by atoms with Crippen LogP contribution in [0.4, 0.5) is 5.82 Å². The molecule has 2 aromatic carbocycles. The maximum absolute atomic E-state index is 11.8. The Kier molecular flexibility index (Phi) is 5.78. The van der Waals surface area contributed by atoms with E-state index >= 15 is 0 Å². The van der Waals surface area contributed by atoms with E-state index in [2.05, 4.69) is 29.2 Å². The topological polar surface area (TPSA) is 100 Å². The van der Waals surface area contributed by atoms with Gasteiger partial charge in [-0.2, -0.15) is 9.61 Å². The van der Waals surface area contributed by atoms with E-state index < -0.39 is 17.7 Å². The summed E-state index contributed by atoms with van der Waals surface area (Å²) < 4.78 is 7.52. The van der Waals surface area contributed by atoms with Gasteiger partial charge in [-0.15, -0.1) is 0 Å². The summed E-state index contributed by atoms with van der Waals surface area (Å²) in [4.78, 5) is 18.4. The predicted molar refractivity (Wildman–Crippen MR) is 133 cm³/mol. The Morgan fingerprint density at radius 3 is 2.49 bits per heavy atom. The molecule has 0 spiro atoms. The minimum Gasteiger partial charge on any atom is -0.479 e. The molecule has 1 atom stereocenters. The predicted octanol–water partition coefficient (Wildman–Crippen LogP) is 4.10. The number of morpholine rings is 1. The zero-order chi connectivity index (χ0) is 24.7.